The van der Waals surface area contributed by atoms with Gasteiger partial charge >= 0.3 is 0 Å². The number of benzene rings is 3. The van der Waals surface area contributed by atoms with E-state index >= 15 is 0 Å². The highest BCUT2D eigenvalue weighted by Crippen LogP contribution is 2.26. The smallest absolute Gasteiger partial charge is 0.277 e. The molecule has 1 fully saturated rings. The van der Waals surface area contributed by atoms with Crippen molar-refractivity contribution in [3.63, 3.8) is 0 Å². The minimum atomic E-state index is -0.879. The summed E-state index contributed by atoms with van der Waals surface area (Å²) in [5.74, 6) is -0.618. The molecule has 4 rings (SSSR count). The van der Waals surface area contributed by atoms with Crippen molar-refractivity contribution in [2.75, 3.05) is 6.54 Å². The van der Waals surface area contributed by atoms with E-state index in [0.29, 0.717) is 35.8 Å². The van der Waals surface area contributed by atoms with Crippen LogP contribution in [0.4, 0.5) is 11.4 Å². The second kappa shape index (κ2) is 12.1. The highest BCUT2D eigenvalue weighted by atomic mass is 35.5. The van der Waals surface area contributed by atoms with Gasteiger partial charge in [-0.1, -0.05) is 23.7 Å². The summed E-state index contributed by atoms with van der Waals surface area (Å²) in [7, 11) is 0. The summed E-state index contributed by atoms with van der Waals surface area (Å²) in [5, 5.41) is 26.9. The van der Waals surface area contributed by atoms with Gasteiger partial charge in [0.2, 0.25) is 0 Å². The van der Waals surface area contributed by atoms with E-state index in [0.717, 1.165) is 23.8 Å². The summed E-state index contributed by atoms with van der Waals surface area (Å²) in [6, 6.07) is 16.2. The molecule has 200 valence electrons. The molecule has 1 heterocycles. The van der Waals surface area contributed by atoms with Crippen molar-refractivity contribution in [1.82, 2.24) is 10.3 Å². The number of carbonyl (C=O) groups is 2. The van der Waals surface area contributed by atoms with Crippen LogP contribution in [-0.4, -0.2) is 45.4 Å². The highest BCUT2D eigenvalue weighted by molar-refractivity contribution is 6.30. The molecule has 1 N–H and O–H groups in total. The number of hydrogen-bond donors (Lipinski definition) is 1. The number of nitrogens with zero attached hydrogens (tertiary/aromatic N) is 4. The van der Waals surface area contributed by atoms with Gasteiger partial charge in [-0.3, -0.25) is 29.8 Å². The summed E-state index contributed by atoms with van der Waals surface area (Å²) < 4.78 is 5.74. The molecule has 0 aromatic heterocycles. The summed E-state index contributed by atoms with van der Waals surface area (Å²) in [5.41, 5.74) is 2.62. The van der Waals surface area contributed by atoms with Crippen molar-refractivity contribution >= 4 is 41.0 Å². The van der Waals surface area contributed by atoms with Crippen LogP contribution in [0.25, 0.3) is 0 Å². The molecular weight excluding hydrogens is 530 g/mol. The average molecular weight is 552 g/mol. The normalized spacial score (nSPS) is 14.8. The number of amides is 2. The monoisotopic (exact) mass is 551 g/mol. The Bertz CT molecular complexity index is 1410. The fraction of sp³-hybridized carbons (Fsp3) is 0.192. The van der Waals surface area contributed by atoms with Crippen molar-refractivity contribution in [2.45, 2.75) is 25.5 Å². The van der Waals surface area contributed by atoms with E-state index in [1.54, 1.807) is 30.3 Å². The third kappa shape index (κ3) is 6.93. The van der Waals surface area contributed by atoms with E-state index in [1.165, 1.54) is 11.1 Å². The molecule has 1 saturated heterocycles. The Hall–Kier alpha value is -4.84. The number of halogens is 1. The lowest BCUT2D eigenvalue weighted by atomic mass is 10.1. The Morgan fingerprint density at radius 1 is 1.05 bits per heavy atom. The second-order valence-corrected chi connectivity index (χ2v) is 9.07. The molecule has 0 saturated carbocycles. The number of ether oxygens (including phenoxy) is 1. The van der Waals surface area contributed by atoms with Crippen molar-refractivity contribution in [3.05, 3.63) is 109 Å². The molecule has 1 unspecified atom stereocenters. The first-order valence-electron chi connectivity index (χ1n) is 11.8. The van der Waals surface area contributed by atoms with E-state index in [9.17, 15) is 29.8 Å². The molecule has 12 nitrogen and oxygen atoms in total. The van der Waals surface area contributed by atoms with Gasteiger partial charge in [0.05, 0.1) is 27.7 Å². The summed E-state index contributed by atoms with van der Waals surface area (Å²) >= 11 is 5.98. The van der Waals surface area contributed by atoms with Gasteiger partial charge in [-0.05, 0) is 60.4 Å². The number of nitrogens with one attached hydrogen (secondary N) is 1. The van der Waals surface area contributed by atoms with Crippen LogP contribution < -0.4 is 10.2 Å². The Balaban J connectivity index is 1.36. The molecule has 0 aliphatic carbocycles. The molecule has 1 aliphatic heterocycles. The quantitative estimate of drug-likeness (QED) is 0.233. The zero-order valence-electron chi connectivity index (χ0n) is 20.4. The number of rotatable bonds is 9. The lowest BCUT2D eigenvalue weighted by Crippen LogP contribution is -2.44. The van der Waals surface area contributed by atoms with Crippen LogP contribution >= 0.6 is 11.6 Å². The number of nitro benzene ring substituents is 2. The van der Waals surface area contributed by atoms with E-state index in [-0.39, 0.29) is 12.1 Å². The van der Waals surface area contributed by atoms with Crippen LogP contribution in [0, 0.1) is 20.2 Å². The first-order valence-corrected chi connectivity index (χ1v) is 12.1. The van der Waals surface area contributed by atoms with Gasteiger partial charge in [-0.15, -0.1) is 0 Å². The molecule has 1 aliphatic rings. The lowest BCUT2D eigenvalue weighted by Gasteiger charge is -2.23. The Morgan fingerprint density at radius 3 is 2.38 bits per heavy atom. The van der Waals surface area contributed by atoms with Crippen LogP contribution in [0.3, 0.4) is 0 Å². The standard InChI is InChI=1S/C26H22ClN5O7/c27-20-4-1-3-18(11-20)16-39-23-8-6-17(7-9-23)15-28-29-25(33)24-5-2-10-30(24)26(34)19-12-21(31(35)36)14-22(13-19)32(37)38/h1,3-4,6-9,11-15,24H,2,5,10,16H2,(H,29,33)/b28-15+. The maximum absolute atomic E-state index is 13.0. The predicted octanol–water partition coefficient (Wildman–Crippen LogP) is 4.49. The van der Waals surface area contributed by atoms with Crippen LogP contribution in [-0.2, 0) is 11.4 Å². The maximum atomic E-state index is 13.0. The largest absolute Gasteiger partial charge is 0.489 e. The van der Waals surface area contributed by atoms with Gasteiger partial charge in [-0.25, -0.2) is 5.43 Å². The van der Waals surface area contributed by atoms with Gasteiger partial charge in [0, 0.05) is 23.7 Å². The molecule has 1 atom stereocenters. The van der Waals surface area contributed by atoms with Crippen LogP contribution in [0.5, 0.6) is 5.75 Å². The van der Waals surface area contributed by atoms with Crippen molar-refractivity contribution in [2.24, 2.45) is 5.10 Å². The second-order valence-electron chi connectivity index (χ2n) is 8.63. The summed E-state index contributed by atoms with van der Waals surface area (Å²) in [6.45, 7) is 0.568. The minimum absolute atomic E-state index is 0.216. The van der Waals surface area contributed by atoms with E-state index < -0.39 is 39.1 Å². The van der Waals surface area contributed by atoms with Gasteiger partial charge < -0.3 is 9.64 Å². The third-order valence-electron chi connectivity index (χ3n) is 5.95. The van der Waals surface area contributed by atoms with Crippen LogP contribution in [0.15, 0.2) is 71.8 Å². The molecule has 0 bridgehead atoms. The van der Waals surface area contributed by atoms with Gasteiger partial charge in [0.1, 0.15) is 18.4 Å². The molecule has 39 heavy (non-hydrogen) atoms. The van der Waals surface area contributed by atoms with E-state index in [2.05, 4.69) is 10.5 Å². The molecule has 13 heteroatoms. The van der Waals surface area contributed by atoms with Crippen LogP contribution in [0.2, 0.25) is 5.02 Å². The molecular formula is C26H22ClN5O7. The molecule has 3 aromatic rings. The number of hydrazone groups is 1. The number of non-ortho nitro benzene ring substituents is 2. The summed E-state index contributed by atoms with van der Waals surface area (Å²) in [4.78, 5) is 47.7. The van der Waals surface area contributed by atoms with Crippen molar-refractivity contribution in [1.29, 1.82) is 0 Å². The fourth-order valence-electron chi connectivity index (χ4n) is 4.07. The molecule has 2 amide bonds. The number of carbonyl (C=O) groups excluding carboxylic acids is 2. The van der Waals surface area contributed by atoms with Gasteiger partial charge in [0.15, 0.2) is 0 Å². The zero-order chi connectivity index (χ0) is 27.9. The number of likely N-dealkylation sites (tertiary alicyclic amines) is 1. The van der Waals surface area contributed by atoms with Gasteiger partial charge in [0.25, 0.3) is 23.2 Å². The van der Waals surface area contributed by atoms with E-state index in [4.69, 9.17) is 16.3 Å². The SMILES string of the molecule is O=C(N/N=C/c1ccc(OCc2cccc(Cl)c2)cc1)C1CCCN1C(=O)c1cc([N+](=O)[O-])cc([N+](=O)[O-])c1. The maximum Gasteiger partial charge on any atom is 0.277 e. The molecule has 0 radical (unpaired) electrons. The van der Waals surface area contributed by atoms with Gasteiger partial charge in [-0.2, -0.15) is 5.10 Å². The first-order chi connectivity index (χ1) is 18.7. The number of nitro groups is 2. The molecule has 0 spiro atoms. The highest BCUT2D eigenvalue weighted by Gasteiger charge is 2.35. The lowest BCUT2D eigenvalue weighted by molar-refractivity contribution is -0.394. The van der Waals surface area contributed by atoms with E-state index in [1.807, 2.05) is 18.2 Å². The predicted molar refractivity (Wildman–Crippen MR) is 142 cm³/mol. The third-order valence-corrected chi connectivity index (χ3v) is 6.19. The van der Waals surface area contributed by atoms with Crippen molar-refractivity contribution < 1.29 is 24.2 Å². The Kier molecular flexibility index (Phi) is 8.46. The average Bonchev–Trinajstić information content (AvgIpc) is 3.42. The Morgan fingerprint density at radius 2 is 1.74 bits per heavy atom. The first kappa shape index (κ1) is 27.2. The number of hydrogen-bond acceptors (Lipinski definition) is 8. The van der Waals surface area contributed by atoms with Crippen molar-refractivity contribution in [3.8, 4) is 5.75 Å². The Labute approximate surface area is 227 Å². The molecule has 3 aromatic carbocycles. The fourth-order valence-corrected chi connectivity index (χ4v) is 4.28. The van der Waals surface area contributed by atoms with Crippen LogP contribution in [0.1, 0.15) is 34.3 Å². The minimum Gasteiger partial charge on any atom is -0.489 e. The zero-order valence-corrected chi connectivity index (χ0v) is 21.1. The topological polar surface area (TPSA) is 157 Å². The summed E-state index contributed by atoms with van der Waals surface area (Å²) in [6.07, 6.45) is 2.30.